The van der Waals surface area contributed by atoms with E-state index in [0.29, 0.717) is 0 Å². The molecule has 0 aromatic carbocycles. The van der Waals surface area contributed by atoms with Crippen LogP contribution >= 0.6 is 20.1 Å². The zero-order valence-electron chi connectivity index (χ0n) is 7.29. The van der Waals surface area contributed by atoms with Crippen LogP contribution in [0.25, 0.3) is 0 Å². The van der Waals surface area contributed by atoms with E-state index in [-0.39, 0.29) is 13.4 Å². The third-order valence-corrected chi connectivity index (χ3v) is 1.38. The Balaban J connectivity index is 0.000000174. The normalized spacial score (nSPS) is 17.4. The van der Waals surface area contributed by atoms with Gasteiger partial charge in [0, 0.05) is 19.6 Å². The third-order valence-electron chi connectivity index (χ3n) is 1.38. The molecule has 1 saturated heterocycles. The molecule has 1 aliphatic carbocycles. The fourth-order valence-corrected chi connectivity index (χ4v) is 0.831. The van der Waals surface area contributed by atoms with Crippen LogP contribution in [0.1, 0.15) is 12.8 Å². The molecule has 0 N–H and O–H groups in total. The van der Waals surface area contributed by atoms with Gasteiger partial charge in [0.05, 0.1) is 0 Å². The molecule has 0 aromatic heterocycles. The zero-order chi connectivity index (χ0) is 9.78. The Kier molecular flexibility index (Phi) is 13.1. The van der Waals surface area contributed by atoms with Crippen LogP contribution in [0.5, 0.6) is 0 Å². The van der Waals surface area contributed by atoms with Crippen LogP contribution in [0, 0.1) is 6.42 Å². The van der Waals surface area contributed by atoms with Crippen molar-refractivity contribution in [3.8, 4) is 0 Å². The molecular formula is C9H13Cl2CrO. The van der Waals surface area contributed by atoms with Gasteiger partial charge < -0.3 is 4.74 Å². The molecule has 1 fully saturated rings. The molecule has 0 amide bonds. The van der Waals surface area contributed by atoms with E-state index in [2.05, 4.69) is 0 Å². The Hall–Kier alpha value is 0.552. The molecular weight excluding hydrogens is 247 g/mol. The van der Waals surface area contributed by atoms with Gasteiger partial charge in [-0.1, -0.05) is 24.3 Å². The number of allylic oxidation sites excluding steroid dienone is 4. The van der Waals surface area contributed by atoms with Gasteiger partial charge in [-0.05, 0) is 12.8 Å². The molecule has 13 heavy (non-hydrogen) atoms. The molecule has 0 atom stereocenters. The second-order valence-corrected chi connectivity index (χ2v) is 4.45. The van der Waals surface area contributed by atoms with Gasteiger partial charge in [0.2, 0.25) is 0 Å². The van der Waals surface area contributed by atoms with Crippen molar-refractivity contribution in [2.24, 2.45) is 0 Å². The first-order valence-electron chi connectivity index (χ1n) is 4.05. The third kappa shape index (κ3) is 12.6. The predicted octanol–water partition coefficient (Wildman–Crippen LogP) is 3.49. The second-order valence-electron chi connectivity index (χ2n) is 2.34. The van der Waals surface area contributed by atoms with Crippen LogP contribution in [0.4, 0.5) is 0 Å². The Morgan fingerprint density at radius 2 is 1.38 bits per heavy atom. The van der Waals surface area contributed by atoms with Crippen LogP contribution in [0.15, 0.2) is 24.3 Å². The Morgan fingerprint density at radius 1 is 0.923 bits per heavy atom. The molecule has 0 bridgehead atoms. The average Bonchev–Trinajstić information content (AvgIpc) is 2.85. The zero-order valence-corrected chi connectivity index (χ0v) is 10.1. The molecule has 4 heteroatoms. The van der Waals surface area contributed by atoms with Gasteiger partial charge in [-0.15, -0.1) is 0 Å². The monoisotopic (exact) mass is 259 g/mol. The van der Waals surface area contributed by atoms with Crippen molar-refractivity contribution >= 4 is 20.1 Å². The predicted molar refractivity (Wildman–Crippen MR) is 54.3 cm³/mol. The van der Waals surface area contributed by atoms with Crippen molar-refractivity contribution in [1.29, 1.82) is 0 Å². The summed E-state index contributed by atoms with van der Waals surface area (Å²) in [5.41, 5.74) is 0. The molecule has 0 saturated carbocycles. The van der Waals surface area contributed by atoms with Gasteiger partial charge >= 0.3 is 33.5 Å². The quantitative estimate of drug-likeness (QED) is 0.647. The van der Waals surface area contributed by atoms with E-state index >= 15 is 0 Å². The number of ether oxygens (including phenoxy) is 1. The SMILES string of the molecule is C1CCOC1.[CH]1C=CC=C1.[Cl][Cr][Cl]. The molecule has 0 unspecified atom stereocenters. The van der Waals surface area contributed by atoms with Crippen molar-refractivity contribution < 1.29 is 18.1 Å². The first-order chi connectivity index (χ1) is 6.41. The van der Waals surface area contributed by atoms with E-state index < -0.39 is 0 Å². The Bertz CT molecular complexity index is 127. The fraction of sp³-hybridized carbons (Fsp3) is 0.444. The summed E-state index contributed by atoms with van der Waals surface area (Å²) in [6.45, 7) is 2.00. The van der Waals surface area contributed by atoms with E-state index in [4.69, 9.17) is 24.8 Å². The second kappa shape index (κ2) is 12.6. The minimum absolute atomic E-state index is 0.181. The van der Waals surface area contributed by atoms with Crippen LogP contribution in [-0.4, -0.2) is 13.2 Å². The van der Waals surface area contributed by atoms with Crippen LogP contribution < -0.4 is 0 Å². The topological polar surface area (TPSA) is 9.23 Å². The molecule has 1 heterocycles. The first kappa shape index (κ1) is 13.6. The summed E-state index contributed by atoms with van der Waals surface area (Å²) in [4.78, 5) is 0. The average molecular weight is 260 g/mol. The Labute approximate surface area is 94.9 Å². The summed E-state index contributed by atoms with van der Waals surface area (Å²) in [6.07, 6.45) is 12.6. The maximum atomic E-state index is 4.94. The number of hydrogen-bond donors (Lipinski definition) is 0. The summed E-state index contributed by atoms with van der Waals surface area (Å²) in [5.74, 6) is 0. The van der Waals surface area contributed by atoms with Gasteiger partial charge in [-0.25, -0.2) is 0 Å². The van der Waals surface area contributed by atoms with Crippen LogP contribution in [0.2, 0.25) is 0 Å². The van der Waals surface area contributed by atoms with Gasteiger partial charge in [-0.3, -0.25) is 0 Å². The first-order valence-corrected chi connectivity index (χ1v) is 7.56. The molecule has 1 radical (unpaired) electrons. The van der Waals surface area contributed by atoms with E-state index in [1.54, 1.807) is 0 Å². The molecule has 75 valence electrons. The summed E-state index contributed by atoms with van der Waals surface area (Å²) in [6, 6.07) is 0. The van der Waals surface area contributed by atoms with Gasteiger partial charge in [0.1, 0.15) is 0 Å². The maximum absolute atomic E-state index is 4.94. The van der Waals surface area contributed by atoms with Crippen molar-refractivity contribution in [3.63, 3.8) is 0 Å². The van der Waals surface area contributed by atoms with Gasteiger partial charge in [-0.2, -0.15) is 0 Å². The standard InChI is InChI=1S/C5H5.C4H8O.2ClH.Cr/c2*1-2-4-5-3-1;;;/h1-5H;1-4H2;2*1H;/q;;;;+2/p-2. The fourth-order valence-electron chi connectivity index (χ4n) is 0.831. The van der Waals surface area contributed by atoms with Crippen molar-refractivity contribution in [1.82, 2.24) is 0 Å². The number of rotatable bonds is 0. The molecule has 0 aromatic rings. The van der Waals surface area contributed by atoms with E-state index in [0.717, 1.165) is 13.2 Å². The van der Waals surface area contributed by atoms with Crippen molar-refractivity contribution in [3.05, 3.63) is 30.7 Å². The summed E-state index contributed by atoms with van der Waals surface area (Å²) >= 11 is -0.181. The summed E-state index contributed by atoms with van der Waals surface area (Å²) in [5, 5.41) is 0. The van der Waals surface area contributed by atoms with Crippen molar-refractivity contribution in [2.75, 3.05) is 13.2 Å². The molecule has 2 aliphatic rings. The summed E-state index contributed by atoms with van der Waals surface area (Å²) in [7, 11) is 9.65. The number of halogens is 2. The molecule has 2 rings (SSSR count). The molecule has 0 spiro atoms. The molecule has 1 aliphatic heterocycles. The van der Waals surface area contributed by atoms with E-state index in [1.807, 2.05) is 30.7 Å². The Morgan fingerprint density at radius 3 is 1.54 bits per heavy atom. The van der Waals surface area contributed by atoms with Gasteiger partial charge in [0.15, 0.2) is 0 Å². The minimum atomic E-state index is -0.181. The van der Waals surface area contributed by atoms with E-state index in [9.17, 15) is 0 Å². The summed E-state index contributed by atoms with van der Waals surface area (Å²) < 4.78 is 4.94. The van der Waals surface area contributed by atoms with Crippen LogP contribution in [-0.2, 0) is 18.1 Å². The molecule has 1 nitrogen and oxygen atoms in total. The van der Waals surface area contributed by atoms with Crippen LogP contribution in [0.3, 0.4) is 0 Å². The number of hydrogen-bond acceptors (Lipinski definition) is 1. The van der Waals surface area contributed by atoms with Gasteiger partial charge in [0.25, 0.3) is 0 Å². The van der Waals surface area contributed by atoms with E-state index in [1.165, 1.54) is 12.8 Å². The van der Waals surface area contributed by atoms with Crippen molar-refractivity contribution in [2.45, 2.75) is 12.8 Å².